The molecule has 156 valence electrons. The first kappa shape index (κ1) is 20.1. The van der Waals surface area contributed by atoms with Gasteiger partial charge in [0.2, 0.25) is 5.91 Å². The van der Waals surface area contributed by atoms with Gasteiger partial charge in [-0.2, -0.15) is 5.10 Å². The number of hydrogen-bond donors (Lipinski definition) is 0. The number of aromatic nitrogens is 2. The Morgan fingerprint density at radius 3 is 2.59 bits per heavy atom. The number of fused-ring (bicyclic) bond motifs is 2. The fraction of sp³-hybridized carbons (Fsp3) is 0.583. The van der Waals surface area contributed by atoms with Crippen LogP contribution in [0.15, 0.2) is 36.7 Å². The van der Waals surface area contributed by atoms with Crippen molar-refractivity contribution in [2.24, 2.45) is 7.05 Å². The molecule has 5 heteroatoms. The van der Waals surface area contributed by atoms with E-state index < -0.39 is 0 Å². The van der Waals surface area contributed by atoms with Crippen LogP contribution in [0.5, 0.6) is 0 Å². The van der Waals surface area contributed by atoms with Gasteiger partial charge in [-0.3, -0.25) is 14.4 Å². The summed E-state index contributed by atoms with van der Waals surface area (Å²) < 4.78 is 1.88. The normalized spacial score (nSPS) is 20.7. The van der Waals surface area contributed by atoms with E-state index in [-0.39, 0.29) is 5.41 Å². The van der Waals surface area contributed by atoms with Gasteiger partial charge in [0, 0.05) is 44.9 Å². The Bertz CT molecular complexity index is 846. The third kappa shape index (κ3) is 3.97. The van der Waals surface area contributed by atoms with Crippen molar-refractivity contribution in [2.75, 3.05) is 26.2 Å². The van der Waals surface area contributed by atoms with E-state index in [0.29, 0.717) is 18.2 Å². The van der Waals surface area contributed by atoms with E-state index in [1.54, 1.807) is 0 Å². The maximum absolute atomic E-state index is 12.8. The largest absolute Gasteiger partial charge is 0.343 e. The molecular weight excluding hydrogens is 360 g/mol. The van der Waals surface area contributed by atoms with E-state index in [0.717, 1.165) is 39.1 Å². The molecule has 1 aliphatic heterocycles. The molecular formula is C24H34N4O. The molecule has 0 saturated carbocycles. The Labute approximate surface area is 174 Å². The highest BCUT2D eigenvalue weighted by Gasteiger charge is 2.45. The Balaban J connectivity index is 1.46. The van der Waals surface area contributed by atoms with Crippen LogP contribution in [0.2, 0.25) is 0 Å². The van der Waals surface area contributed by atoms with Gasteiger partial charge in [0.25, 0.3) is 0 Å². The lowest BCUT2D eigenvalue weighted by Gasteiger charge is -2.40. The third-order valence-electron chi connectivity index (χ3n) is 7.12. The number of hydrogen-bond acceptors (Lipinski definition) is 3. The van der Waals surface area contributed by atoms with E-state index in [2.05, 4.69) is 54.3 Å². The average Bonchev–Trinajstić information content (AvgIpc) is 3.27. The predicted molar refractivity (Wildman–Crippen MR) is 116 cm³/mol. The van der Waals surface area contributed by atoms with Crippen molar-refractivity contribution in [3.05, 3.63) is 53.3 Å². The van der Waals surface area contributed by atoms with Crippen LogP contribution in [0.4, 0.5) is 0 Å². The molecule has 5 nitrogen and oxygen atoms in total. The fourth-order valence-electron chi connectivity index (χ4n) is 5.55. The number of likely N-dealkylation sites (tertiary alicyclic amines) is 1. The number of benzene rings is 1. The second-order valence-corrected chi connectivity index (χ2v) is 8.84. The third-order valence-corrected chi connectivity index (χ3v) is 7.12. The first-order valence-corrected chi connectivity index (χ1v) is 11.1. The topological polar surface area (TPSA) is 41.4 Å². The first-order valence-electron chi connectivity index (χ1n) is 11.1. The molecule has 1 aromatic carbocycles. The van der Waals surface area contributed by atoms with Crippen molar-refractivity contribution < 1.29 is 4.79 Å². The molecule has 1 aliphatic carbocycles. The highest BCUT2D eigenvalue weighted by molar-refractivity contribution is 5.77. The van der Waals surface area contributed by atoms with E-state index in [4.69, 9.17) is 0 Å². The van der Waals surface area contributed by atoms with Crippen molar-refractivity contribution in [3.8, 4) is 0 Å². The molecule has 1 aromatic heterocycles. The fourth-order valence-corrected chi connectivity index (χ4v) is 5.55. The summed E-state index contributed by atoms with van der Waals surface area (Å²) in [6, 6.07) is 8.92. The molecule has 1 saturated heterocycles. The Morgan fingerprint density at radius 1 is 1.21 bits per heavy atom. The van der Waals surface area contributed by atoms with Crippen LogP contribution in [0.3, 0.4) is 0 Å². The van der Waals surface area contributed by atoms with E-state index in [1.807, 2.05) is 22.8 Å². The van der Waals surface area contributed by atoms with Crippen LogP contribution in [-0.4, -0.2) is 51.7 Å². The molecule has 2 heterocycles. The maximum atomic E-state index is 12.8. The predicted octanol–water partition coefficient (Wildman–Crippen LogP) is 3.70. The number of carbonyl (C=O) groups excluding carboxylic acids is 1. The standard InChI is InChI=1S/C24H34N4O/c1-4-28(5-2)23(29)14-20-15-24(22-9-7-6-8-21(20)22)10-12-27(13-11-24)18-19-16-25-26(3)17-19/h6-9,16-17,20H,4-5,10-15,18H2,1-3H3/t20-/m1/s1. The number of aryl methyl sites for hydroxylation is 1. The summed E-state index contributed by atoms with van der Waals surface area (Å²) in [5, 5.41) is 4.30. The summed E-state index contributed by atoms with van der Waals surface area (Å²) >= 11 is 0. The minimum Gasteiger partial charge on any atom is -0.343 e. The maximum Gasteiger partial charge on any atom is 0.223 e. The van der Waals surface area contributed by atoms with E-state index in [1.165, 1.54) is 29.5 Å². The van der Waals surface area contributed by atoms with Gasteiger partial charge in [0.1, 0.15) is 0 Å². The van der Waals surface area contributed by atoms with Crippen LogP contribution in [0, 0.1) is 0 Å². The van der Waals surface area contributed by atoms with Crippen molar-refractivity contribution in [3.63, 3.8) is 0 Å². The minimum absolute atomic E-state index is 0.246. The van der Waals surface area contributed by atoms with Gasteiger partial charge >= 0.3 is 0 Å². The van der Waals surface area contributed by atoms with Crippen molar-refractivity contribution in [2.45, 2.75) is 57.4 Å². The Hall–Kier alpha value is -2.14. The Morgan fingerprint density at radius 2 is 1.93 bits per heavy atom. The average molecular weight is 395 g/mol. The van der Waals surface area contributed by atoms with E-state index >= 15 is 0 Å². The summed E-state index contributed by atoms with van der Waals surface area (Å²) in [5.74, 6) is 0.671. The quantitative estimate of drug-likeness (QED) is 0.750. The van der Waals surface area contributed by atoms with Crippen LogP contribution < -0.4 is 0 Å². The Kier molecular flexibility index (Phi) is 5.77. The molecule has 4 rings (SSSR count). The zero-order chi connectivity index (χ0) is 20.4. The zero-order valence-electron chi connectivity index (χ0n) is 18.1. The van der Waals surface area contributed by atoms with Crippen LogP contribution in [0.25, 0.3) is 0 Å². The molecule has 1 spiro atoms. The second-order valence-electron chi connectivity index (χ2n) is 8.84. The molecule has 0 radical (unpaired) electrons. The summed E-state index contributed by atoms with van der Waals surface area (Å²) in [5.41, 5.74) is 4.47. The van der Waals surface area contributed by atoms with Crippen LogP contribution in [0.1, 0.15) is 62.1 Å². The number of nitrogens with zero attached hydrogens (tertiary/aromatic N) is 4. The summed E-state index contributed by atoms with van der Waals surface area (Å²) in [7, 11) is 1.98. The summed E-state index contributed by atoms with van der Waals surface area (Å²) in [6.07, 6.45) is 8.23. The van der Waals surface area contributed by atoms with Crippen molar-refractivity contribution >= 4 is 5.91 Å². The van der Waals surface area contributed by atoms with Gasteiger partial charge in [0.15, 0.2) is 0 Å². The van der Waals surface area contributed by atoms with Crippen LogP contribution in [-0.2, 0) is 23.8 Å². The van der Waals surface area contributed by atoms with Gasteiger partial charge in [-0.15, -0.1) is 0 Å². The molecule has 0 bridgehead atoms. The monoisotopic (exact) mass is 394 g/mol. The molecule has 29 heavy (non-hydrogen) atoms. The summed E-state index contributed by atoms with van der Waals surface area (Å²) in [4.78, 5) is 17.3. The minimum atomic E-state index is 0.246. The van der Waals surface area contributed by atoms with Gasteiger partial charge in [0.05, 0.1) is 6.20 Å². The van der Waals surface area contributed by atoms with Crippen molar-refractivity contribution in [1.29, 1.82) is 0 Å². The second kappa shape index (κ2) is 8.31. The molecule has 2 aliphatic rings. The number of carbonyl (C=O) groups is 1. The zero-order valence-corrected chi connectivity index (χ0v) is 18.1. The smallest absolute Gasteiger partial charge is 0.223 e. The number of rotatable bonds is 6. The molecule has 1 fully saturated rings. The number of piperidine rings is 1. The molecule has 1 atom stereocenters. The summed E-state index contributed by atoms with van der Waals surface area (Å²) in [6.45, 7) is 8.96. The van der Waals surface area contributed by atoms with Gasteiger partial charge in [-0.1, -0.05) is 24.3 Å². The lowest BCUT2D eigenvalue weighted by atomic mass is 9.73. The lowest BCUT2D eigenvalue weighted by molar-refractivity contribution is -0.131. The van der Waals surface area contributed by atoms with Crippen molar-refractivity contribution in [1.82, 2.24) is 19.6 Å². The molecule has 1 amide bonds. The van der Waals surface area contributed by atoms with Gasteiger partial charge in [-0.25, -0.2) is 0 Å². The molecule has 0 unspecified atom stereocenters. The molecule has 0 N–H and O–H groups in total. The van der Waals surface area contributed by atoms with Crippen LogP contribution >= 0.6 is 0 Å². The van der Waals surface area contributed by atoms with E-state index in [9.17, 15) is 4.79 Å². The SMILES string of the molecule is CCN(CC)C(=O)C[C@@H]1CC2(CCN(Cc3cnn(C)c3)CC2)c2ccccc21. The number of amides is 1. The highest BCUT2D eigenvalue weighted by Crippen LogP contribution is 2.52. The molecule has 2 aromatic rings. The van der Waals surface area contributed by atoms with Gasteiger partial charge in [-0.05, 0) is 68.7 Å². The van der Waals surface area contributed by atoms with Gasteiger partial charge < -0.3 is 4.90 Å². The first-order chi connectivity index (χ1) is 14.0. The highest BCUT2D eigenvalue weighted by atomic mass is 16.2. The lowest BCUT2D eigenvalue weighted by Crippen LogP contribution is -2.41.